The molecule has 0 aliphatic heterocycles. The lowest BCUT2D eigenvalue weighted by molar-refractivity contribution is 0.116. The summed E-state index contributed by atoms with van der Waals surface area (Å²) in [6.45, 7) is 1.87. The van der Waals surface area contributed by atoms with Crippen LogP contribution in [0.25, 0.3) is 0 Å². The highest BCUT2D eigenvalue weighted by Crippen LogP contribution is 2.28. The standard InChI is InChI=1S/C13H17BrFNO/c1-8-6-10(15)9(14)7-12(8)16-11-4-2-3-5-13(11)17/h6-7,11,13,16-17H,2-5H2,1H3. The van der Waals surface area contributed by atoms with Crippen LogP contribution in [-0.4, -0.2) is 17.3 Å². The fourth-order valence-electron chi connectivity index (χ4n) is 2.28. The van der Waals surface area contributed by atoms with Crippen molar-refractivity contribution in [2.24, 2.45) is 0 Å². The molecule has 0 amide bonds. The molecule has 2 unspecified atom stereocenters. The van der Waals surface area contributed by atoms with Crippen LogP contribution in [0.5, 0.6) is 0 Å². The molecule has 17 heavy (non-hydrogen) atoms. The molecule has 0 aromatic heterocycles. The third-order valence-electron chi connectivity index (χ3n) is 3.34. The van der Waals surface area contributed by atoms with E-state index in [1.165, 1.54) is 6.07 Å². The Labute approximate surface area is 109 Å². The molecule has 1 aromatic rings. The highest BCUT2D eigenvalue weighted by Gasteiger charge is 2.23. The van der Waals surface area contributed by atoms with Gasteiger partial charge in [0, 0.05) is 5.69 Å². The second kappa shape index (κ2) is 5.36. The SMILES string of the molecule is Cc1cc(F)c(Br)cc1NC1CCCCC1O. The molecule has 0 radical (unpaired) electrons. The zero-order chi connectivity index (χ0) is 12.4. The molecule has 2 rings (SSSR count). The van der Waals surface area contributed by atoms with Crippen molar-refractivity contribution in [2.75, 3.05) is 5.32 Å². The minimum absolute atomic E-state index is 0.0832. The molecule has 0 spiro atoms. The Morgan fingerprint density at radius 1 is 1.35 bits per heavy atom. The second-order valence-electron chi connectivity index (χ2n) is 4.68. The second-order valence-corrected chi connectivity index (χ2v) is 5.54. The maximum absolute atomic E-state index is 13.3. The summed E-state index contributed by atoms with van der Waals surface area (Å²) in [7, 11) is 0. The lowest BCUT2D eigenvalue weighted by Crippen LogP contribution is -2.36. The van der Waals surface area contributed by atoms with E-state index in [0.717, 1.165) is 36.9 Å². The van der Waals surface area contributed by atoms with E-state index in [2.05, 4.69) is 21.2 Å². The number of rotatable bonds is 2. The number of aliphatic hydroxyl groups excluding tert-OH is 1. The summed E-state index contributed by atoms with van der Waals surface area (Å²) in [6.07, 6.45) is 3.74. The van der Waals surface area contributed by atoms with Crippen LogP contribution in [0.4, 0.5) is 10.1 Å². The van der Waals surface area contributed by atoms with Gasteiger partial charge in [0.15, 0.2) is 0 Å². The number of hydrogen-bond acceptors (Lipinski definition) is 2. The summed E-state index contributed by atoms with van der Waals surface area (Å²) < 4.78 is 13.7. The van der Waals surface area contributed by atoms with Gasteiger partial charge in [0.2, 0.25) is 0 Å². The fourth-order valence-corrected chi connectivity index (χ4v) is 2.62. The van der Waals surface area contributed by atoms with Crippen LogP contribution in [-0.2, 0) is 0 Å². The monoisotopic (exact) mass is 301 g/mol. The number of nitrogens with one attached hydrogen (secondary N) is 1. The Hall–Kier alpha value is -0.610. The molecule has 1 aliphatic carbocycles. The van der Waals surface area contributed by atoms with Crippen molar-refractivity contribution in [1.29, 1.82) is 0 Å². The number of anilines is 1. The van der Waals surface area contributed by atoms with Crippen LogP contribution in [0, 0.1) is 12.7 Å². The maximum atomic E-state index is 13.3. The van der Waals surface area contributed by atoms with Crippen molar-refractivity contribution in [3.63, 3.8) is 0 Å². The Bertz CT molecular complexity index is 411. The van der Waals surface area contributed by atoms with Gasteiger partial charge in [-0.15, -0.1) is 0 Å². The zero-order valence-electron chi connectivity index (χ0n) is 9.84. The molecule has 0 bridgehead atoms. The number of aryl methyl sites for hydroxylation is 1. The van der Waals surface area contributed by atoms with E-state index in [4.69, 9.17) is 0 Å². The number of halogens is 2. The largest absolute Gasteiger partial charge is 0.391 e. The van der Waals surface area contributed by atoms with E-state index < -0.39 is 0 Å². The maximum Gasteiger partial charge on any atom is 0.137 e. The van der Waals surface area contributed by atoms with E-state index in [0.29, 0.717) is 4.47 Å². The molecule has 2 N–H and O–H groups in total. The summed E-state index contributed by atoms with van der Waals surface area (Å²) in [5.41, 5.74) is 1.76. The molecule has 94 valence electrons. The Morgan fingerprint density at radius 2 is 2.06 bits per heavy atom. The molecule has 1 aromatic carbocycles. The lowest BCUT2D eigenvalue weighted by atomic mass is 9.92. The molecule has 1 fully saturated rings. The van der Waals surface area contributed by atoms with Gasteiger partial charge in [0.1, 0.15) is 5.82 Å². The van der Waals surface area contributed by atoms with Crippen molar-refractivity contribution in [3.05, 3.63) is 28.0 Å². The van der Waals surface area contributed by atoms with Gasteiger partial charge < -0.3 is 10.4 Å². The predicted octanol–water partition coefficient (Wildman–Crippen LogP) is 3.61. The quantitative estimate of drug-likeness (QED) is 0.874. The van der Waals surface area contributed by atoms with Gasteiger partial charge in [0.05, 0.1) is 16.6 Å². The summed E-state index contributed by atoms with van der Waals surface area (Å²) in [5.74, 6) is -0.253. The van der Waals surface area contributed by atoms with Crippen LogP contribution in [0.1, 0.15) is 31.2 Å². The van der Waals surface area contributed by atoms with E-state index in [-0.39, 0.29) is 18.0 Å². The third-order valence-corrected chi connectivity index (χ3v) is 3.95. The van der Waals surface area contributed by atoms with E-state index in [1.807, 2.05) is 6.92 Å². The summed E-state index contributed by atoms with van der Waals surface area (Å²) in [4.78, 5) is 0. The molecular formula is C13H17BrFNO. The molecule has 4 heteroatoms. The number of benzene rings is 1. The molecule has 0 heterocycles. The van der Waals surface area contributed by atoms with Gasteiger partial charge in [-0.2, -0.15) is 0 Å². The highest BCUT2D eigenvalue weighted by atomic mass is 79.9. The van der Waals surface area contributed by atoms with Crippen LogP contribution in [0.3, 0.4) is 0 Å². The van der Waals surface area contributed by atoms with Gasteiger partial charge >= 0.3 is 0 Å². The minimum atomic E-state index is -0.299. The topological polar surface area (TPSA) is 32.3 Å². The van der Waals surface area contributed by atoms with Crippen molar-refractivity contribution >= 4 is 21.6 Å². The Morgan fingerprint density at radius 3 is 2.76 bits per heavy atom. The normalized spacial score (nSPS) is 24.7. The van der Waals surface area contributed by atoms with Crippen molar-refractivity contribution in [1.82, 2.24) is 0 Å². The van der Waals surface area contributed by atoms with Crippen LogP contribution < -0.4 is 5.32 Å². The van der Waals surface area contributed by atoms with Crippen LogP contribution >= 0.6 is 15.9 Å². The van der Waals surface area contributed by atoms with Gasteiger partial charge in [-0.1, -0.05) is 12.8 Å². The molecule has 0 saturated heterocycles. The first-order valence-corrected chi connectivity index (χ1v) is 6.77. The predicted molar refractivity (Wildman–Crippen MR) is 70.7 cm³/mol. The van der Waals surface area contributed by atoms with E-state index >= 15 is 0 Å². The first-order chi connectivity index (χ1) is 8.08. The average Bonchev–Trinajstić information content (AvgIpc) is 2.29. The van der Waals surface area contributed by atoms with Crippen molar-refractivity contribution < 1.29 is 9.50 Å². The first kappa shape index (κ1) is 12.8. The van der Waals surface area contributed by atoms with Crippen LogP contribution in [0.2, 0.25) is 0 Å². The number of aliphatic hydroxyl groups is 1. The lowest BCUT2D eigenvalue weighted by Gasteiger charge is -2.29. The van der Waals surface area contributed by atoms with Gasteiger partial charge in [-0.25, -0.2) is 4.39 Å². The first-order valence-electron chi connectivity index (χ1n) is 5.98. The minimum Gasteiger partial charge on any atom is -0.391 e. The average molecular weight is 302 g/mol. The summed E-state index contributed by atoms with van der Waals surface area (Å²) >= 11 is 3.18. The smallest absolute Gasteiger partial charge is 0.137 e. The fraction of sp³-hybridized carbons (Fsp3) is 0.538. The summed E-state index contributed by atoms with van der Waals surface area (Å²) in [6, 6.07) is 3.33. The van der Waals surface area contributed by atoms with E-state index in [9.17, 15) is 9.50 Å². The Kier molecular flexibility index (Phi) is 4.05. The molecule has 1 aliphatic rings. The van der Waals surface area contributed by atoms with Gasteiger partial charge in [0.25, 0.3) is 0 Å². The molecule has 2 nitrogen and oxygen atoms in total. The molecular weight excluding hydrogens is 285 g/mol. The van der Waals surface area contributed by atoms with E-state index in [1.54, 1.807) is 6.07 Å². The highest BCUT2D eigenvalue weighted by molar-refractivity contribution is 9.10. The summed E-state index contributed by atoms with van der Waals surface area (Å²) in [5, 5.41) is 13.2. The molecule has 1 saturated carbocycles. The van der Waals surface area contributed by atoms with Crippen LogP contribution in [0.15, 0.2) is 16.6 Å². The number of hydrogen-bond donors (Lipinski definition) is 2. The Balaban J connectivity index is 2.15. The molecule has 2 atom stereocenters. The third kappa shape index (κ3) is 2.99. The zero-order valence-corrected chi connectivity index (χ0v) is 11.4. The van der Waals surface area contributed by atoms with Gasteiger partial charge in [-0.3, -0.25) is 0 Å². The van der Waals surface area contributed by atoms with Crippen molar-refractivity contribution in [3.8, 4) is 0 Å². The van der Waals surface area contributed by atoms with Gasteiger partial charge in [-0.05, 0) is 53.4 Å². The van der Waals surface area contributed by atoms with Crippen molar-refractivity contribution in [2.45, 2.75) is 44.8 Å².